The summed E-state index contributed by atoms with van der Waals surface area (Å²) in [5, 5.41) is 13.5. The highest BCUT2D eigenvalue weighted by Gasteiger charge is 2.19. The molecule has 25 heavy (non-hydrogen) atoms. The van der Waals surface area contributed by atoms with Gasteiger partial charge in [-0.25, -0.2) is 4.98 Å². The Morgan fingerprint density at radius 2 is 2.08 bits per heavy atom. The van der Waals surface area contributed by atoms with E-state index in [0.29, 0.717) is 12.1 Å². The van der Waals surface area contributed by atoms with Gasteiger partial charge in [-0.1, -0.05) is 12.1 Å². The van der Waals surface area contributed by atoms with Gasteiger partial charge in [0.2, 0.25) is 0 Å². The van der Waals surface area contributed by atoms with Gasteiger partial charge in [0.15, 0.2) is 0 Å². The summed E-state index contributed by atoms with van der Waals surface area (Å²) in [5.74, 6) is -0.862. The van der Waals surface area contributed by atoms with Crippen molar-refractivity contribution in [2.24, 2.45) is 5.10 Å². The molecule has 1 aliphatic heterocycles. The number of hydrogen-bond donors (Lipinski definition) is 3. The van der Waals surface area contributed by atoms with Crippen LogP contribution in [0, 0.1) is 0 Å². The van der Waals surface area contributed by atoms with Gasteiger partial charge in [0.05, 0.1) is 35.4 Å². The Balaban J connectivity index is 1.86. The lowest BCUT2D eigenvalue weighted by Gasteiger charge is -2.08. The third kappa shape index (κ3) is 2.87. The second kappa shape index (κ2) is 6.20. The Morgan fingerprint density at radius 1 is 1.16 bits per heavy atom. The summed E-state index contributed by atoms with van der Waals surface area (Å²) in [7, 11) is 0. The molecule has 2 aromatic heterocycles. The van der Waals surface area contributed by atoms with E-state index < -0.39 is 5.97 Å². The molecule has 0 saturated carbocycles. The molecule has 0 fully saturated rings. The minimum Gasteiger partial charge on any atom is -0.481 e. The second-order valence-corrected chi connectivity index (χ2v) is 5.67. The molecule has 0 unspecified atom stereocenters. The highest BCUT2D eigenvalue weighted by atomic mass is 16.4. The summed E-state index contributed by atoms with van der Waals surface area (Å²) in [6, 6.07) is 9.56. The summed E-state index contributed by atoms with van der Waals surface area (Å²) in [5.41, 5.74) is 8.69. The van der Waals surface area contributed by atoms with Crippen LogP contribution in [-0.2, 0) is 4.79 Å². The number of H-pyrrole nitrogens is 1. The average Bonchev–Trinajstić information content (AvgIpc) is 3.02. The molecule has 0 amide bonds. The highest BCUT2D eigenvalue weighted by Crippen LogP contribution is 2.32. The number of nitrogens with zero attached hydrogens (tertiary/aromatic N) is 3. The lowest BCUT2D eigenvalue weighted by atomic mass is 9.99. The van der Waals surface area contributed by atoms with Crippen LogP contribution in [0.2, 0.25) is 0 Å². The van der Waals surface area contributed by atoms with E-state index in [1.54, 1.807) is 12.5 Å². The third-order valence-electron chi connectivity index (χ3n) is 4.05. The van der Waals surface area contributed by atoms with E-state index in [9.17, 15) is 4.79 Å². The first-order valence-electron chi connectivity index (χ1n) is 7.86. The number of nitrogens with one attached hydrogen (secondary N) is 2. The predicted octanol–water partition coefficient (Wildman–Crippen LogP) is 3.14. The van der Waals surface area contributed by atoms with E-state index in [0.717, 1.165) is 33.6 Å². The van der Waals surface area contributed by atoms with Crippen molar-refractivity contribution in [2.75, 3.05) is 5.43 Å². The minimum atomic E-state index is -0.862. The van der Waals surface area contributed by atoms with Crippen molar-refractivity contribution < 1.29 is 9.90 Å². The number of carboxylic acid groups (broad SMARTS) is 1. The molecular weight excluding hydrogens is 318 g/mol. The number of aromatic amines is 1. The Morgan fingerprint density at radius 3 is 2.88 bits per heavy atom. The Labute approximate surface area is 143 Å². The minimum absolute atomic E-state index is 0.00114. The van der Waals surface area contributed by atoms with Gasteiger partial charge < -0.3 is 10.1 Å². The standard InChI is InChI=1S/C18H15N5O2/c24-16(25)7-6-14-12(13-3-1-2-8-19-13)9-11-4-5-15-18(21-10-20-15)17(11)23-22-14/h1-5,8-10,23H,6-7H2,(H,20,21)(H,24,25). The fraction of sp³-hybridized carbons (Fsp3) is 0.111. The molecule has 3 aromatic rings. The molecule has 3 N–H and O–H groups in total. The van der Waals surface area contributed by atoms with Crippen molar-refractivity contribution >= 4 is 40.1 Å². The molecule has 0 saturated heterocycles. The van der Waals surface area contributed by atoms with E-state index in [1.807, 2.05) is 36.4 Å². The maximum atomic E-state index is 11.0. The number of rotatable bonds is 4. The molecule has 0 aliphatic carbocycles. The number of aliphatic carboxylic acids is 1. The van der Waals surface area contributed by atoms with Gasteiger partial charge in [0.25, 0.3) is 0 Å². The number of aromatic nitrogens is 3. The van der Waals surface area contributed by atoms with Gasteiger partial charge in [0.1, 0.15) is 5.52 Å². The maximum absolute atomic E-state index is 11.0. The van der Waals surface area contributed by atoms with Crippen LogP contribution >= 0.6 is 0 Å². The molecule has 7 heteroatoms. The summed E-state index contributed by atoms with van der Waals surface area (Å²) in [6.07, 6.45) is 5.63. The number of fused-ring (bicyclic) bond motifs is 3. The van der Waals surface area contributed by atoms with E-state index in [4.69, 9.17) is 5.11 Å². The SMILES string of the molecule is O=C(O)CCC1=NNc2c(ccc3[nH]cnc23)C=C1c1ccccn1. The fourth-order valence-electron chi connectivity index (χ4n) is 2.84. The van der Waals surface area contributed by atoms with Crippen molar-refractivity contribution in [1.82, 2.24) is 15.0 Å². The van der Waals surface area contributed by atoms with Crippen LogP contribution in [0.3, 0.4) is 0 Å². The van der Waals surface area contributed by atoms with Crippen LogP contribution in [-0.4, -0.2) is 31.7 Å². The summed E-state index contributed by atoms with van der Waals surface area (Å²) in [6.45, 7) is 0. The number of hydrazone groups is 1. The molecule has 1 aromatic carbocycles. The topological polar surface area (TPSA) is 103 Å². The number of anilines is 1. The Bertz CT molecular complexity index is 1000. The van der Waals surface area contributed by atoms with Gasteiger partial charge in [0, 0.05) is 23.8 Å². The number of allylic oxidation sites excluding steroid dienone is 1. The van der Waals surface area contributed by atoms with Crippen molar-refractivity contribution in [3.8, 4) is 0 Å². The zero-order chi connectivity index (χ0) is 17.2. The fourth-order valence-corrected chi connectivity index (χ4v) is 2.84. The Kier molecular flexibility index (Phi) is 3.74. The van der Waals surface area contributed by atoms with Gasteiger partial charge in [-0.2, -0.15) is 5.10 Å². The molecule has 0 bridgehead atoms. The molecule has 124 valence electrons. The molecule has 7 nitrogen and oxygen atoms in total. The van der Waals surface area contributed by atoms with Crippen molar-refractivity contribution in [3.63, 3.8) is 0 Å². The zero-order valence-corrected chi connectivity index (χ0v) is 13.2. The van der Waals surface area contributed by atoms with Crippen LogP contribution in [0.4, 0.5) is 5.69 Å². The normalized spacial score (nSPS) is 13.4. The van der Waals surface area contributed by atoms with Gasteiger partial charge in [-0.15, -0.1) is 0 Å². The van der Waals surface area contributed by atoms with Gasteiger partial charge >= 0.3 is 5.97 Å². The van der Waals surface area contributed by atoms with E-state index >= 15 is 0 Å². The molecule has 0 atom stereocenters. The molecule has 4 rings (SSSR count). The molecular formula is C18H15N5O2. The van der Waals surface area contributed by atoms with Crippen molar-refractivity contribution in [2.45, 2.75) is 12.8 Å². The van der Waals surface area contributed by atoms with E-state index in [2.05, 4.69) is 25.5 Å². The number of carbonyl (C=O) groups is 1. The second-order valence-electron chi connectivity index (χ2n) is 5.67. The van der Waals surface area contributed by atoms with E-state index in [-0.39, 0.29) is 6.42 Å². The van der Waals surface area contributed by atoms with Crippen LogP contribution in [0.15, 0.2) is 48.0 Å². The number of pyridine rings is 1. The lowest BCUT2D eigenvalue weighted by Crippen LogP contribution is -2.08. The Hall–Kier alpha value is -3.48. The summed E-state index contributed by atoms with van der Waals surface area (Å²) < 4.78 is 0. The van der Waals surface area contributed by atoms with Crippen molar-refractivity contribution in [3.05, 3.63) is 54.1 Å². The molecule has 0 radical (unpaired) electrons. The van der Waals surface area contributed by atoms with Crippen LogP contribution in [0.5, 0.6) is 0 Å². The largest absolute Gasteiger partial charge is 0.481 e. The molecule has 3 heterocycles. The quantitative estimate of drug-likeness (QED) is 0.680. The smallest absolute Gasteiger partial charge is 0.303 e. The number of benzene rings is 1. The van der Waals surface area contributed by atoms with Gasteiger partial charge in [-0.05, 0) is 24.3 Å². The van der Waals surface area contributed by atoms with Crippen molar-refractivity contribution in [1.29, 1.82) is 0 Å². The average molecular weight is 333 g/mol. The number of carboxylic acids is 1. The number of imidazole rings is 1. The van der Waals surface area contributed by atoms with Crippen LogP contribution in [0.25, 0.3) is 22.7 Å². The zero-order valence-electron chi connectivity index (χ0n) is 13.2. The van der Waals surface area contributed by atoms with E-state index in [1.165, 1.54) is 0 Å². The first-order valence-corrected chi connectivity index (χ1v) is 7.86. The van der Waals surface area contributed by atoms with Crippen LogP contribution < -0.4 is 5.43 Å². The monoisotopic (exact) mass is 333 g/mol. The summed E-state index contributed by atoms with van der Waals surface area (Å²) >= 11 is 0. The molecule has 1 aliphatic rings. The van der Waals surface area contributed by atoms with Gasteiger partial charge in [-0.3, -0.25) is 15.2 Å². The highest BCUT2D eigenvalue weighted by molar-refractivity contribution is 6.29. The first-order chi connectivity index (χ1) is 12.2. The number of hydrogen-bond acceptors (Lipinski definition) is 5. The third-order valence-corrected chi connectivity index (χ3v) is 4.05. The maximum Gasteiger partial charge on any atom is 0.303 e. The summed E-state index contributed by atoms with van der Waals surface area (Å²) in [4.78, 5) is 22.8. The first kappa shape index (κ1) is 15.1. The molecule has 0 spiro atoms. The van der Waals surface area contributed by atoms with Crippen LogP contribution in [0.1, 0.15) is 24.1 Å². The lowest BCUT2D eigenvalue weighted by molar-refractivity contribution is -0.136. The predicted molar refractivity (Wildman–Crippen MR) is 96.1 cm³/mol.